The van der Waals surface area contributed by atoms with Gasteiger partial charge < -0.3 is 4.98 Å². The molecule has 2 aromatic rings. The van der Waals surface area contributed by atoms with Gasteiger partial charge >= 0.3 is 0 Å². The number of rotatable bonds is 0. The summed E-state index contributed by atoms with van der Waals surface area (Å²) in [6.45, 7) is 0. The molecule has 0 aliphatic heterocycles. The lowest BCUT2D eigenvalue weighted by Gasteiger charge is -1.96. The van der Waals surface area contributed by atoms with E-state index in [1.807, 2.05) is 28.0 Å². The lowest BCUT2D eigenvalue weighted by molar-refractivity contribution is 1.29. The van der Waals surface area contributed by atoms with E-state index in [9.17, 15) is 0 Å². The van der Waals surface area contributed by atoms with Crippen molar-refractivity contribution < 1.29 is 0 Å². The van der Waals surface area contributed by atoms with Crippen LogP contribution >= 0.6 is 0 Å². The lowest BCUT2D eigenvalue weighted by Crippen LogP contribution is -2.24. The van der Waals surface area contributed by atoms with Crippen LogP contribution in [0.15, 0.2) is 12.3 Å². The number of nitrogens with zero attached hydrogens (tertiary/aromatic N) is 2. The normalized spacial score (nSPS) is 10.5. The van der Waals surface area contributed by atoms with E-state index < -0.39 is 0 Å². The van der Waals surface area contributed by atoms with Gasteiger partial charge in [0.05, 0.1) is 5.72 Å². The summed E-state index contributed by atoms with van der Waals surface area (Å²) in [6.07, 6.45) is 1.88. The van der Waals surface area contributed by atoms with E-state index in [-0.39, 0.29) is 0 Å². The summed E-state index contributed by atoms with van der Waals surface area (Å²) < 4.78 is 0. The van der Waals surface area contributed by atoms with E-state index in [2.05, 4.69) is 15.0 Å². The Morgan fingerprint density at radius 1 is 1.27 bits per heavy atom. The van der Waals surface area contributed by atoms with Crippen LogP contribution in [0.4, 0.5) is 0 Å². The summed E-state index contributed by atoms with van der Waals surface area (Å²) in [5.41, 5.74) is 2.78. The molecule has 0 atom stereocenters. The average Bonchev–Trinajstić information content (AvgIpc) is 2.34. The van der Waals surface area contributed by atoms with Crippen LogP contribution in [-0.4, -0.2) is 30.6 Å². The highest BCUT2D eigenvalue weighted by molar-refractivity contribution is 6.38. The molecule has 0 fully saturated rings. The number of H-pyrrole nitrogens is 1. The number of hydrogen-bond donors (Lipinski definition) is 1. The number of aromatic amines is 1. The van der Waals surface area contributed by atoms with Crippen molar-refractivity contribution in [3.05, 3.63) is 12.3 Å². The monoisotopic (exact) mass is 143 g/mol. The quantitative estimate of drug-likeness (QED) is 0.413. The van der Waals surface area contributed by atoms with E-state index in [0.29, 0.717) is 0 Å². The highest BCUT2D eigenvalue weighted by Crippen LogP contribution is 2.00. The molecule has 0 aliphatic carbocycles. The first kappa shape index (κ1) is 6.46. The number of fused-ring (bicyclic) bond motifs is 1. The van der Waals surface area contributed by atoms with E-state index in [1.54, 1.807) is 0 Å². The molecule has 0 unspecified atom stereocenters. The molecule has 52 valence electrons. The van der Waals surface area contributed by atoms with Crippen LogP contribution in [0.2, 0.25) is 0 Å². The van der Waals surface area contributed by atoms with Gasteiger partial charge in [0.2, 0.25) is 0 Å². The largest absolute Gasteiger partial charge is 0.346 e. The number of nitrogens with one attached hydrogen (secondary N) is 1. The molecule has 0 saturated carbocycles. The standard InChI is InChI=1S/C6H7B2N3/c7-4-3-1-2-9-5(3)11-6(8)10-4/h1-2H,7-8H2,(H,9,10,11). The van der Waals surface area contributed by atoms with Crippen molar-refractivity contribution in [3.8, 4) is 0 Å². The van der Waals surface area contributed by atoms with Crippen molar-refractivity contribution in [1.82, 2.24) is 15.0 Å². The molecule has 5 heteroatoms. The van der Waals surface area contributed by atoms with Gasteiger partial charge in [0.1, 0.15) is 5.65 Å². The van der Waals surface area contributed by atoms with Gasteiger partial charge in [-0.15, -0.1) is 0 Å². The molecule has 2 aromatic heterocycles. The summed E-state index contributed by atoms with van der Waals surface area (Å²) >= 11 is 0. The maximum Gasteiger partial charge on any atom is 0.189 e. The van der Waals surface area contributed by atoms with Gasteiger partial charge in [-0.1, -0.05) is 0 Å². The first-order chi connectivity index (χ1) is 5.27. The van der Waals surface area contributed by atoms with Crippen LogP contribution in [0.3, 0.4) is 0 Å². The van der Waals surface area contributed by atoms with Crippen molar-refractivity contribution >= 4 is 38.0 Å². The summed E-state index contributed by atoms with van der Waals surface area (Å²) in [7, 11) is 3.89. The Labute approximate surface area is 66.1 Å². The van der Waals surface area contributed by atoms with Crippen molar-refractivity contribution in [2.45, 2.75) is 0 Å². The van der Waals surface area contributed by atoms with Crippen molar-refractivity contribution in [3.63, 3.8) is 0 Å². The maximum atomic E-state index is 4.24. The zero-order valence-electron chi connectivity index (χ0n) is 6.55. The summed E-state index contributed by atoms with van der Waals surface area (Å²) in [5.74, 6) is 0. The average molecular weight is 143 g/mol. The lowest BCUT2D eigenvalue weighted by atomic mass is 9.99. The summed E-state index contributed by atoms with van der Waals surface area (Å²) in [5, 5.41) is 1.11. The van der Waals surface area contributed by atoms with Gasteiger partial charge in [0, 0.05) is 17.2 Å². The third-order valence-electron chi connectivity index (χ3n) is 1.72. The Morgan fingerprint density at radius 2 is 2.09 bits per heavy atom. The van der Waals surface area contributed by atoms with Gasteiger partial charge in [0.15, 0.2) is 15.7 Å². The van der Waals surface area contributed by atoms with Crippen molar-refractivity contribution in [1.29, 1.82) is 0 Å². The molecule has 0 radical (unpaired) electrons. The fourth-order valence-electron chi connectivity index (χ4n) is 1.23. The van der Waals surface area contributed by atoms with Crippen molar-refractivity contribution in [2.24, 2.45) is 0 Å². The van der Waals surface area contributed by atoms with E-state index in [0.717, 1.165) is 22.4 Å². The predicted octanol–water partition coefficient (Wildman–Crippen LogP) is -2.53. The molecule has 0 aliphatic rings. The smallest absolute Gasteiger partial charge is 0.189 e. The second kappa shape index (κ2) is 2.12. The van der Waals surface area contributed by atoms with E-state index in [4.69, 9.17) is 0 Å². The fourth-order valence-corrected chi connectivity index (χ4v) is 1.23. The second-order valence-electron chi connectivity index (χ2n) is 2.60. The van der Waals surface area contributed by atoms with Crippen LogP contribution in [0.1, 0.15) is 0 Å². The SMILES string of the molecule is Bc1nc(B)c2cc[nH]c2n1. The van der Waals surface area contributed by atoms with Crippen LogP contribution < -0.4 is 11.3 Å². The fraction of sp³-hybridized carbons (Fsp3) is 0. The summed E-state index contributed by atoms with van der Waals surface area (Å²) in [4.78, 5) is 11.5. The van der Waals surface area contributed by atoms with Crippen LogP contribution in [0.25, 0.3) is 11.0 Å². The zero-order chi connectivity index (χ0) is 7.84. The minimum absolute atomic E-state index is 0.817. The van der Waals surface area contributed by atoms with E-state index in [1.165, 1.54) is 0 Å². The Hall–Kier alpha value is -1.25. The van der Waals surface area contributed by atoms with Crippen molar-refractivity contribution in [2.75, 3.05) is 0 Å². The molecule has 0 spiro atoms. The zero-order valence-corrected chi connectivity index (χ0v) is 6.55. The minimum atomic E-state index is 0.817. The Morgan fingerprint density at radius 3 is 2.91 bits per heavy atom. The molecule has 0 saturated heterocycles. The first-order valence-electron chi connectivity index (χ1n) is 3.56. The highest BCUT2D eigenvalue weighted by atomic mass is 14.9. The highest BCUT2D eigenvalue weighted by Gasteiger charge is 2.00. The molecule has 0 aromatic carbocycles. The first-order valence-corrected chi connectivity index (χ1v) is 3.56. The molecule has 0 amide bonds. The maximum absolute atomic E-state index is 4.24. The third kappa shape index (κ3) is 0.926. The second-order valence-corrected chi connectivity index (χ2v) is 2.60. The Kier molecular flexibility index (Phi) is 1.24. The van der Waals surface area contributed by atoms with E-state index >= 15 is 0 Å². The number of aromatic nitrogens is 3. The molecule has 2 rings (SSSR count). The van der Waals surface area contributed by atoms with Gasteiger partial charge in [-0.3, -0.25) is 4.98 Å². The molecule has 11 heavy (non-hydrogen) atoms. The molecular weight excluding hydrogens is 136 g/mol. The molecule has 3 nitrogen and oxygen atoms in total. The number of hydrogen-bond acceptors (Lipinski definition) is 2. The third-order valence-corrected chi connectivity index (χ3v) is 1.72. The molecule has 0 bridgehead atoms. The Bertz CT molecular complexity index is 396. The summed E-state index contributed by atoms with van der Waals surface area (Å²) in [6, 6.07) is 1.99. The molecule has 2 heterocycles. The Balaban J connectivity index is 2.91. The predicted molar refractivity (Wildman–Crippen MR) is 50.2 cm³/mol. The van der Waals surface area contributed by atoms with Crippen LogP contribution in [-0.2, 0) is 0 Å². The molecule has 1 N–H and O–H groups in total. The van der Waals surface area contributed by atoms with Crippen LogP contribution in [0.5, 0.6) is 0 Å². The van der Waals surface area contributed by atoms with Crippen LogP contribution in [0, 0.1) is 0 Å². The van der Waals surface area contributed by atoms with Gasteiger partial charge in [-0.25, -0.2) is 4.98 Å². The minimum Gasteiger partial charge on any atom is -0.346 e. The topological polar surface area (TPSA) is 41.6 Å². The van der Waals surface area contributed by atoms with Gasteiger partial charge in [-0.2, -0.15) is 0 Å². The van der Waals surface area contributed by atoms with Gasteiger partial charge in [-0.05, 0) is 6.07 Å². The molecular formula is C6H7B2N3. The van der Waals surface area contributed by atoms with Gasteiger partial charge in [0.25, 0.3) is 0 Å².